The maximum absolute atomic E-state index is 12.7. The molecule has 7 heteroatoms. The van der Waals surface area contributed by atoms with Crippen LogP contribution >= 0.6 is 12.6 Å². The largest absolute Gasteiger partial charge is 0.463 e. The fourth-order valence-corrected chi connectivity index (χ4v) is 3.66. The van der Waals surface area contributed by atoms with Crippen molar-refractivity contribution in [1.29, 1.82) is 0 Å². The van der Waals surface area contributed by atoms with Gasteiger partial charge in [-0.15, -0.1) is 0 Å². The molecule has 6 nitrogen and oxygen atoms in total. The predicted octanol–water partition coefficient (Wildman–Crippen LogP) is 3.63. The molecule has 1 aliphatic rings. The van der Waals surface area contributed by atoms with Gasteiger partial charge in [0.1, 0.15) is 0 Å². The van der Waals surface area contributed by atoms with Crippen LogP contribution in [-0.2, 0) is 4.79 Å². The summed E-state index contributed by atoms with van der Waals surface area (Å²) in [6.45, 7) is 2.30. The van der Waals surface area contributed by atoms with Crippen LogP contribution in [0.2, 0.25) is 0 Å². The molecule has 0 spiro atoms. The fraction of sp³-hybridized carbons (Fsp3) is 0.478. The first-order valence-electron chi connectivity index (χ1n) is 10.7. The summed E-state index contributed by atoms with van der Waals surface area (Å²) in [4.78, 5) is 17.4. The number of nitrogens with one attached hydrogen (secondary N) is 2. The van der Waals surface area contributed by atoms with Crippen molar-refractivity contribution >= 4 is 24.2 Å². The zero-order chi connectivity index (χ0) is 21.3. The standard InChI is InChI=1S/C23H32N4O2S/c1-16(22(28)26-19-10-6-3-7-11-19)29-23-21(25-14-18(24)15-30)13-12-20(27-23)17-8-4-2-5-9-17/h2,4-5,8-9,12-13,16,18-19,25,30H,3,6-7,10-11,14-15,24H2,1H3,(H,26,28). The second kappa shape index (κ2) is 11.2. The highest BCUT2D eigenvalue weighted by molar-refractivity contribution is 7.80. The van der Waals surface area contributed by atoms with Gasteiger partial charge in [0.05, 0.1) is 11.4 Å². The van der Waals surface area contributed by atoms with E-state index in [1.807, 2.05) is 42.5 Å². The van der Waals surface area contributed by atoms with E-state index >= 15 is 0 Å². The van der Waals surface area contributed by atoms with E-state index in [1.54, 1.807) is 6.92 Å². The lowest BCUT2D eigenvalue weighted by atomic mass is 9.95. The Bertz CT molecular complexity index is 812. The molecule has 0 radical (unpaired) electrons. The lowest BCUT2D eigenvalue weighted by Gasteiger charge is -2.25. The van der Waals surface area contributed by atoms with Gasteiger partial charge in [-0.3, -0.25) is 4.79 Å². The Hall–Kier alpha value is -2.25. The summed E-state index contributed by atoms with van der Waals surface area (Å²) in [5.41, 5.74) is 8.47. The van der Waals surface area contributed by atoms with Crippen LogP contribution in [0.1, 0.15) is 39.0 Å². The maximum atomic E-state index is 12.7. The van der Waals surface area contributed by atoms with Gasteiger partial charge in [-0.1, -0.05) is 49.6 Å². The lowest BCUT2D eigenvalue weighted by Crippen LogP contribution is -2.43. The minimum atomic E-state index is -0.649. The number of pyridine rings is 1. The van der Waals surface area contributed by atoms with Crippen LogP contribution in [0.3, 0.4) is 0 Å². The predicted molar refractivity (Wildman–Crippen MR) is 125 cm³/mol. The van der Waals surface area contributed by atoms with Crippen LogP contribution in [-0.4, -0.2) is 41.4 Å². The van der Waals surface area contributed by atoms with Crippen molar-refractivity contribution < 1.29 is 9.53 Å². The van der Waals surface area contributed by atoms with Crippen LogP contribution in [0.5, 0.6) is 5.88 Å². The molecule has 2 atom stereocenters. The summed E-state index contributed by atoms with van der Waals surface area (Å²) in [6.07, 6.45) is 5.01. The van der Waals surface area contributed by atoms with Gasteiger partial charge in [-0.25, -0.2) is 4.98 Å². The van der Waals surface area contributed by atoms with Crippen molar-refractivity contribution in [2.75, 3.05) is 17.6 Å². The Labute approximate surface area is 184 Å². The monoisotopic (exact) mass is 428 g/mol. The number of carbonyl (C=O) groups is 1. The first-order valence-corrected chi connectivity index (χ1v) is 11.3. The third-order valence-corrected chi connectivity index (χ3v) is 5.80. The normalized spacial score (nSPS) is 16.5. The van der Waals surface area contributed by atoms with Crippen LogP contribution < -0.4 is 21.1 Å². The molecule has 0 bridgehead atoms. The molecular formula is C23H32N4O2S. The van der Waals surface area contributed by atoms with Crippen molar-refractivity contribution in [3.05, 3.63) is 42.5 Å². The summed E-state index contributed by atoms with van der Waals surface area (Å²) in [5.74, 6) is 0.861. The summed E-state index contributed by atoms with van der Waals surface area (Å²) in [5, 5.41) is 6.40. The Balaban J connectivity index is 1.75. The molecule has 1 heterocycles. The van der Waals surface area contributed by atoms with Crippen molar-refractivity contribution in [2.24, 2.45) is 5.73 Å². The maximum Gasteiger partial charge on any atom is 0.261 e. The summed E-state index contributed by atoms with van der Waals surface area (Å²) in [7, 11) is 0. The first-order chi connectivity index (χ1) is 14.6. The number of rotatable bonds is 9. The molecule has 1 aromatic carbocycles. The van der Waals surface area contributed by atoms with Crippen LogP contribution in [0, 0.1) is 0 Å². The Morgan fingerprint density at radius 3 is 2.63 bits per heavy atom. The van der Waals surface area contributed by atoms with Gasteiger partial charge in [0, 0.05) is 29.9 Å². The molecule has 0 saturated heterocycles. The lowest BCUT2D eigenvalue weighted by molar-refractivity contribution is -0.128. The first kappa shape index (κ1) is 22.4. The van der Waals surface area contributed by atoms with Gasteiger partial charge in [-0.2, -0.15) is 12.6 Å². The topological polar surface area (TPSA) is 89.3 Å². The number of nitrogens with zero attached hydrogens (tertiary/aromatic N) is 1. The highest BCUT2D eigenvalue weighted by Gasteiger charge is 2.22. The Morgan fingerprint density at radius 1 is 1.20 bits per heavy atom. The number of benzene rings is 1. The summed E-state index contributed by atoms with van der Waals surface area (Å²) >= 11 is 4.23. The molecule has 1 fully saturated rings. The molecule has 1 saturated carbocycles. The summed E-state index contributed by atoms with van der Waals surface area (Å²) in [6, 6.07) is 13.9. The average molecular weight is 429 g/mol. The van der Waals surface area contributed by atoms with Crippen LogP contribution in [0.4, 0.5) is 5.69 Å². The molecule has 30 heavy (non-hydrogen) atoms. The molecule has 1 aromatic heterocycles. The highest BCUT2D eigenvalue weighted by atomic mass is 32.1. The van der Waals surface area contributed by atoms with Gasteiger partial charge in [-0.05, 0) is 31.9 Å². The van der Waals surface area contributed by atoms with E-state index in [0.717, 1.165) is 24.1 Å². The number of nitrogens with two attached hydrogens (primary N) is 1. The molecule has 162 valence electrons. The highest BCUT2D eigenvalue weighted by Crippen LogP contribution is 2.28. The van der Waals surface area contributed by atoms with Gasteiger partial charge >= 0.3 is 0 Å². The minimum absolute atomic E-state index is 0.0954. The average Bonchev–Trinajstić information content (AvgIpc) is 2.79. The molecule has 2 unspecified atom stereocenters. The molecule has 1 aliphatic carbocycles. The minimum Gasteiger partial charge on any atom is -0.463 e. The van der Waals surface area contributed by atoms with Crippen molar-refractivity contribution in [2.45, 2.75) is 57.2 Å². The zero-order valence-electron chi connectivity index (χ0n) is 17.5. The second-order valence-corrected chi connectivity index (χ2v) is 8.21. The fourth-order valence-electron chi connectivity index (χ4n) is 3.53. The van der Waals surface area contributed by atoms with E-state index in [1.165, 1.54) is 19.3 Å². The number of hydrogen-bond donors (Lipinski definition) is 4. The molecule has 4 N–H and O–H groups in total. The van der Waals surface area contributed by atoms with E-state index in [4.69, 9.17) is 15.5 Å². The van der Waals surface area contributed by atoms with E-state index in [2.05, 4.69) is 23.3 Å². The number of anilines is 1. The molecular weight excluding hydrogens is 396 g/mol. The van der Waals surface area contributed by atoms with E-state index in [9.17, 15) is 4.79 Å². The number of ether oxygens (including phenoxy) is 1. The number of thiol groups is 1. The number of hydrogen-bond acceptors (Lipinski definition) is 6. The smallest absolute Gasteiger partial charge is 0.261 e. The van der Waals surface area contributed by atoms with Gasteiger partial charge < -0.3 is 21.1 Å². The van der Waals surface area contributed by atoms with Gasteiger partial charge in [0.25, 0.3) is 5.91 Å². The van der Waals surface area contributed by atoms with Crippen molar-refractivity contribution in [3.8, 4) is 17.1 Å². The third kappa shape index (κ3) is 6.37. The quantitative estimate of drug-likeness (QED) is 0.458. The number of aromatic nitrogens is 1. The van der Waals surface area contributed by atoms with Gasteiger partial charge in [0.2, 0.25) is 5.88 Å². The van der Waals surface area contributed by atoms with Crippen LogP contribution in [0.25, 0.3) is 11.3 Å². The molecule has 1 amide bonds. The van der Waals surface area contributed by atoms with E-state index in [0.29, 0.717) is 23.9 Å². The second-order valence-electron chi connectivity index (χ2n) is 7.84. The van der Waals surface area contributed by atoms with Crippen LogP contribution in [0.15, 0.2) is 42.5 Å². The Kier molecular flexibility index (Phi) is 8.39. The van der Waals surface area contributed by atoms with E-state index < -0.39 is 6.10 Å². The van der Waals surface area contributed by atoms with E-state index in [-0.39, 0.29) is 18.0 Å². The summed E-state index contributed by atoms with van der Waals surface area (Å²) < 4.78 is 6.03. The zero-order valence-corrected chi connectivity index (χ0v) is 18.4. The SMILES string of the molecule is CC(Oc1nc(-c2ccccc2)ccc1NCC(N)CS)C(=O)NC1CCCCC1. The molecule has 2 aromatic rings. The number of carbonyl (C=O) groups excluding carboxylic acids is 1. The third-order valence-electron chi connectivity index (χ3n) is 5.33. The van der Waals surface area contributed by atoms with Gasteiger partial charge in [0.15, 0.2) is 6.10 Å². The van der Waals surface area contributed by atoms with Crippen molar-refractivity contribution in [1.82, 2.24) is 10.3 Å². The molecule has 3 rings (SSSR count). The van der Waals surface area contributed by atoms with Crippen molar-refractivity contribution in [3.63, 3.8) is 0 Å². The number of amides is 1. The molecule has 0 aliphatic heterocycles. The Morgan fingerprint density at radius 2 is 1.93 bits per heavy atom.